The second-order valence-corrected chi connectivity index (χ2v) is 5.85. The first-order valence-electron chi connectivity index (χ1n) is 6.16. The van der Waals surface area contributed by atoms with Crippen molar-refractivity contribution < 1.29 is 4.42 Å². The summed E-state index contributed by atoms with van der Waals surface area (Å²) in [5.41, 5.74) is 0.991. The Morgan fingerprint density at radius 1 is 1.41 bits per heavy atom. The van der Waals surface area contributed by atoms with Gasteiger partial charge in [-0.3, -0.25) is 0 Å². The highest BCUT2D eigenvalue weighted by Crippen LogP contribution is 2.37. The zero-order valence-electron chi connectivity index (χ0n) is 9.98. The number of fused-ring (bicyclic) bond motifs is 1. The second-order valence-electron chi connectivity index (χ2n) is 4.50. The maximum atomic E-state index is 5.96. The van der Waals surface area contributed by atoms with E-state index in [1.807, 2.05) is 19.2 Å². The van der Waals surface area contributed by atoms with Crippen LogP contribution in [0.5, 0.6) is 0 Å². The van der Waals surface area contributed by atoms with Gasteiger partial charge >= 0.3 is 0 Å². The number of hydrogen-bond donors (Lipinski definition) is 1. The van der Waals surface area contributed by atoms with Crippen LogP contribution in [0.1, 0.15) is 24.6 Å². The molecule has 17 heavy (non-hydrogen) atoms. The van der Waals surface area contributed by atoms with Crippen molar-refractivity contribution in [2.45, 2.75) is 24.1 Å². The highest BCUT2D eigenvalue weighted by molar-refractivity contribution is 8.00. The molecule has 1 aliphatic heterocycles. The van der Waals surface area contributed by atoms with E-state index in [4.69, 9.17) is 4.42 Å². The molecule has 1 saturated heterocycles. The highest BCUT2D eigenvalue weighted by atomic mass is 32.2. The van der Waals surface area contributed by atoms with Gasteiger partial charge in [0.15, 0.2) is 0 Å². The topological polar surface area (TPSA) is 25.2 Å². The summed E-state index contributed by atoms with van der Waals surface area (Å²) >= 11 is 2.06. The molecule has 0 aliphatic carbocycles. The number of rotatable bonds is 3. The van der Waals surface area contributed by atoms with E-state index >= 15 is 0 Å². The van der Waals surface area contributed by atoms with E-state index in [9.17, 15) is 0 Å². The summed E-state index contributed by atoms with van der Waals surface area (Å²) in [5, 5.41) is 5.26. The Morgan fingerprint density at radius 2 is 2.29 bits per heavy atom. The van der Waals surface area contributed by atoms with Gasteiger partial charge in [-0.2, -0.15) is 11.8 Å². The predicted octanol–water partition coefficient (Wildman–Crippen LogP) is 3.59. The molecule has 90 valence electrons. The van der Waals surface area contributed by atoms with Gasteiger partial charge in [-0.25, -0.2) is 0 Å². The minimum atomic E-state index is 0.342. The lowest BCUT2D eigenvalue weighted by Gasteiger charge is -2.19. The molecule has 3 heteroatoms. The Labute approximate surface area is 106 Å². The van der Waals surface area contributed by atoms with Gasteiger partial charge in [0.2, 0.25) is 0 Å². The fourth-order valence-electron chi connectivity index (χ4n) is 2.53. The van der Waals surface area contributed by atoms with Crippen LogP contribution in [-0.2, 0) is 0 Å². The average molecular weight is 247 g/mol. The van der Waals surface area contributed by atoms with Crippen LogP contribution >= 0.6 is 11.8 Å². The first-order chi connectivity index (χ1) is 8.38. The quantitative estimate of drug-likeness (QED) is 0.897. The van der Waals surface area contributed by atoms with Crippen molar-refractivity contribution in [3.63, 3.8) is 0 Å². The van der Waals surface area contributed by atoms with E-state index in [1.165, 1.54) is 24.0 Å². The molecule has 0 radical (unpaired) electrons. The molecule has 2 heterocycles. The van der Waals surface area contributed by atoms with Gasteiger partial charge in [-0.05, 0) is 37.8 Å². The molecule has 2 nitrogen and oxygen atoms in total. The number of nitrogens with one attached hydrogen (secondary N) is 1. The Morgan fingerprint density at radius 3 is 3.00 bits per heavy atom. The maximum Gasteiger partial charge on any atom is 0.134 e. The van der Waals surface area contributed by atoms with Crippen LogP contribution in [0.15, 0.2) is 34.7 Å². The summed E-state index contributed by atoms with van der Waals surface area (Å²) < 4.78 is 5.96. The minimum Gasteiger partial charge on any atom is -0.459 e. The molecule has 1 fully saturated rings. The van der Waals surface area contributed by atoms with Crippen molar-refractivity contribution >= 4 is 22.7 Å². The molecule has 2 unspecified atom stereocenters. The molecule has 1 aliphatic rings. The van der Waals surface area contributed by atoms with Crippen LogP contribution in [0.3, 0.4) is 0 Å². The summed E-state index contributed by atoms with van der Waals surface area (Å²) in [4.78, 5) is 0. The van der Waals surface area contributed by atoms with E-state index in [0.717, 1.165) is 11.3 Å². The lowest BCUT2D eigenvalue weighted by molar-refractivity contribution is 0.437. The third-order valence-electron chi connectivity index (χ3n) is 3.40. The summed E-state index contributed by atoms with van der Waals surface area (Å²) in [6, 6.07) is 10.7. The Hall–Kier alpha value is -0.930. The Bertz CT molecular complexity index is 469. The van der Waals surface area contributed by atoms with Crippen molar-refractivity contribution in [2.75, 3.05) is 12.8 Å². The van der Waals surface area contributed by atoms with Gasteiger partial charge in [0.05, 0.1) is 6.04 Å². The van der Waals surface area contributed by atoms with Crippen molar-refractivity contribution in [1.29, 1.82) is 0 Å². The second kappa shape index (κ2) is 4.75. The van der Waals surface area contributed by atoms with Gasteiger partial charge in [0.25, 0.3) is 0 Å². The molecule has 2 atom stereocenters. The number of benzene rings is 1. The molecule has 1 aromatic carbocycles. The van der Waals surface area contributed by atoms with Gasteiger partial charge in [0.1, 0.15) is 11.3 Å². The smallest absolute Gasteiger partial charge is 0.134 e. The molecule has 0 spiro atoms. The SMILES string of the molecule is CNC(c1cc2ccccc2o1)C1CCCS1. The zero-order chi connectivity index (χ0) is 11.7. The van der Waals surface area contributed by atoms with Crippen LogP contribution in [0.25, 0.3) is 11.0 Å². The van der Waals surface area contributed by atoms with Gasteiger partial charge in [0, 0.05) is 10.6 Å². The monoisotopic (exact) mass is 247 g/mol. The number of hydrogen-bond acceptors (Lipinski definition) is 3. The van der Waals surface area contributed by atoms with E-state index in [1.54, 1.807) is 0 Å². The number of thioether (sulfide) groups is 1. The highest BCUT2D eigenvalue weighted by Gasteiger charge is 2.28. The molecule has 0 saturated carbocycles. The maximum absolute atomic E-state index is 5.96. The zero-order valence-corrected chi connectivity index (χ0v) is 10.8. The number of para-hydroxylation sites is 1. The van der Waals surface area contributed by atoms with Crippen LogP contribution < -0.4 is 5.32 Å². The van der Waals surface area contributed by atoms with Crippen molar-refractivity contribution in [3.05, 3.63) is 36.1 Å². The number of furan rings is 1. The van der Waals surface area contributed by atoms with E-state index < -0.39 is 0 Å². The van der Waals surface area contributed by atoms with Crippen LogP contribution in [-0.4, -0.2) is 18.1 Å². The lowest BCUT2D eigenvalue weighted by Crippen LogP contribution is -2.25. The molecular formula is C14H17NOS. The Balaban J connectivity index is 1.94. The van der Waals surface area contributed by atoms with Crippen molar-refractivity contribution in [3.8, 4) is 0 Å². The summed E-state index contributed by atoms with van der Waals surface area (Å²) in [7, 11) is 2.02. The van der Waals surface area contributed by atoms with E-state index in [0.29, 0.717) is 11.3 Å². The van der Waals surface area contributed by atoms with E-state index in [-0.39, 0.29) is 0 Å². The third kappa shape index (κ3) is 2.09. The van der Waals surface area contributed by atoms with Gasteiger partial charge in [-0.1, -0.05) is 18.2 Å². The molecular weight excluding hydrogens is 230 g/mol. The minimum absolute atomic E-state index is 0.342. The molecule has 1 aromatic heterocycles. The molecule has 2 aromatic rings. The first kappa shape index (κ1) is 11.2. The Kier molecular flexibility index (Phi) is 3.12. The van der Waals surface area contributed by atoms with Crippen molar-refractivity contribution in [2.24, 2.45) is 0 Å². The van der Waals surface area contributed by atoms with Crippen LogP contribution in [0, 0.1) is 0 Å². The standard InChI is InChI=1S/C14H17NOS/c1-15-14(13-7-4-8-17-13)12-9-10-5-2-3-6-11(10)16-12/h2-3,5-6,9,13-15H,4,7-8H2,1H3. The summed E-state index contributed by atoms with van der Waals surface area (Å²) in [6.07, 6.45) is 2.61. The fraction of sp³-hybridized carbons (Fsp3) is 0.429. The average Bonchev–Trinajstić information content (AvgIpc) is 2.98. The largest absolute Gasteiger partial charge is 0.459 e. The molecule has 3 rings (SSSR count). The van der Waals surface area contributed by atoms with Crippen molar-refractivity contribution in [1.82, 2.24) is 5.32 Å². The normalized spacial score (nSPS) is 22.1. The fourth-order valence-corrected chi connectivity index (χ4v) is 3.96. The molecule has 0 amide bonds. The summed E-state index contributed by atoms with van der Waals surface area (Å²) in [5.74, 6) is 2.36. The third-order valence-corrected chi connectivity index (χ3v) is 4.86. The van der Waals surface area contributed by atoms with Crippen LogP contribution in [0.2, 0.25) is 0 Å². The van der Waals surface area contributed by atoms with Crippen LogP contribution in [0.4, 0.5) is 0 Å². The van der Waals surface area contributed by atoms with Gasteiger partial charge < -0.3 is 9.73 Å². The van der Waals surface area contributed by atoms with E-state index in [2.05, 4.69) is 35.3 Å². The predicted molar refractivity (Wildman–Crippen MR) is 73.5 cm³/mol. The summed E-state index contributed by atoms with van der Waals surface area (Å²) in [6.45, 7) is 0. The van der Waals surface area contributed by atoms with Gasteiger partial charge in [-0.15, -0.1) is 0 Å². The molecule has 0 bridgehead atoms. The lowest BCUT2D eigenvalue weighted by atomic mass is 10.1. The molecule has 1 N–H and O–H groups in total. The first-order valence-corrected chi connectivity index (χ1v) is 7.21.